The molecule has 2 fully saturated rings. The molecule has 224 valence electrons. The Labute approximate surface area is 254 Å². The number of thiophene rings is 1. The topological polar surface area (TPSA) is 146 Å². The van der Waals surface area contributed by atoms with Gasteiger partial charge in [-0.15, -0.1) is 11.3 Å². The third kappa shape index (κ3) is 3.90. The molecule has 0 amide bonds. The predicted octanol–water partition coefficient (Wildman–Crippen LogP) is 4.04. The molecule has 1 spiro atoms. The SMILES string of the molecule is C[C@@H]([C@@H]1CCCN1C)n1ncc2c(N3CC(CO)C3)nc(-c3noc4c3CCC[C@@]43CCCc4sc(N)c(C#N)c43)nc21. The second-order valence-electron chi connectivity index (χ2n) is 13.0. The normalized spacial score (nSPS) is 24.7. The molecule has 0 saturated carbocycles. The van der Waals surface area contributed by atoms with E-state index in [4.69, 9.17) is 25.3 Å². The highest BCUT2D eigenvalue weighted by Gasteiger charge is 2.49. The number of rotatable bonds is 5. The summed E-state index contributed by atoms with van der Waals surface area (Å²) >= 11 is 1.55. The molecule has 0 radical (unpaired) electrons. The Morgan fingerprint density at radius 2 is 2.05 bits per heavy atom. The monoisotopic (exact) mass is 599 g/mol. The molecule has 0 aromatic carbocycles. The van der Waals surface area contributed by atoms with E-state index in [2.05, 4.69) is 39.7 Å². The molecule has 2 saturated heterocycles. The van der Waals surface area contributed by atoms with Gasteiger partial charge in [-0.1, -0.05) is 5.16 Å². The second-order valence-corrected chi connectivity index (χ2v) is 14.1. The summed E-state index contributed by atoms with van der Waals surface area (Å²) in [7, 11) is 2.19. The fourth-order valence-corrected chi connectivity index (χ4v) is 9.50. The molecule has 4 aromatic heterocycles. The summed E-state index contributed by atoms with van der Waals surface area (Å²) in [6.07, 6.45) is 9.78. The first-order valence-electron chi connectivity index (χ1n) is 15.6. The summed E-state index contributed by atoms with van der Waals surface area (Å²) in [6.45, 7) is 4.98. The van der Waals surface area contributed by atoms with Crippen LogP contribution in [0.5, 0.6) is 0 Å². The first-order chi connectivity index (χ1) is 20.9. The maximum Gasteiger partial charge on any atom is 0.186 e. The fraction of sp³-hybridized carbons (Fsp3) is 0.581. The van der Waals surface area contributed by atoms with Crippen LogP contribution in [0.3, 0.4) is 0 Å². The van der Waals surface area contributed by atoms with Crippen molar-refractivity contribution in [3.63, 3.8) is 0 Å². The van der Waals surface area contributed by atoms with Crippen molar-refractivity contribution >= 4 is 33.2 Å². The van der Waals surface area contributed by atoms with Crippen LogP contribution in [0.4, 0.5) is 10.8 Å². The van der Waals surface area contributed by atoms with Gasteiger partial charge in [0.05, 0.1) is 28.6 Å². The third-order valence-corrected chi connectivity index (χ3v) is 11.6. The molecule has 2 aliphatic heterocycles. The fourth-order valence-electron chi connectivity index (χ4n) is 8.34. The van der Waals surface area contributed by atoms with Crippen LogP contribution in [0.1, 0.15) is 78.8 Å². The molecule has 4 aliphatic rings. The summed E-state index contributed by atoms with van der Waals surface area (Å²) in [6, 6.07) is 2.94. The number of aliphatic hydroxyl groups excluding tert-OH is 1. The Morgan fingerprint density at radius 1 is 1.23 bits per heavy atom. The minimum atomic E-state index is -0.395. The lowest BCUT2D eigenvalue weighted by molar-refractivity contribution is 0.200. The molecule has 3 atom stereocenters. The van der Waals surface area contributed by atoms with Crippen molar-refractivity contribution in [1.29, 1.82) is 5.26 Å². The van der Waals surface area contributed by atoms with Crippen molar-refractivity contribution in [1.82, 2.24) is 29.8 Å². The molecule has 0 bridgehead atoms. The molecule has 8 rings (SSSR count). The van der Waals surface area contributed by atoms with E-state index in [0.29, 0.717) is 28.1 Å². The number of hydrogen-bond acceptors (Lipinski definition) is 11. The van der Waals surface area contributed by atoms with Gasteiger partial charge < -0.3 is 25.2 Å². The average Bonchev–Trinajstić information content (AvgIpc) is 3.77. The van der Waals surface area contributed by atoms with Crippen LogP contribution in [0.25, 0.3) is 22.6 Å². The first-order valence-corrected chi connectivity index (χ1v) is 16.4. The number of likely N-dealkylation sites (N-methyl/N-ethyl adjacent to an activating group) is 1. The molecular weight excluding hydrogens is 562 g/mol. The highest BCUT2D eigenvalue weighted by atomic mass is 32.1. The highest BCUT2D eigenvalue weighted by Crippen LogP contribution is 2.55. The Morgan fingerprint density at radius 3 is 2.79 bits per heavy atom. The standard InChI is InChI=1S/C31H37N9O2S/c1-17(22-7-5-11-38(22)2)40-30-21(13-34-40)29(39-14-18(15-39)16-41)35-28(36-30)25-19-6-3-9-31(26(19)42-37-25)10-4-8-23-24(31)20(12-32)27(33)43-23/h13,17-18,22,41H,3-11,14-16,33H2,1-2H3/t17-,22-,31-/m0/s1. The second kappa shape index (κ2) is 10.0. The summed E-state index contributed by atoms with van der Waals surface area (Å²) in [5.74, 6) is 2.48. The first kappa shape index (κ1) is 27.0. The maximum absolute atomic E-state index is 10.1. The zero-order chi connectivity index (χ0) is 29.5. The van der Waals surface area contributed by atoms with Crippen LogP contribution >= 0.6 is 11.3 Å². The number of hydrogen-bond donors (Lipinski definition) is 2. The van der Waals surface area contributed by atoms with E-state index in [0.717, 1.165) is 98.3 Å². The van der Waals surface area contributed by atoms with E-state index in [1.54, 1.807) is 11.3 Å². The number of nitrogens with zero attached hydrogens (tertiary/aromatic N) is 8. The van der Waals surface area contributed by atoms with Crippen molar-refractivity contribution < 1.29 is 9.63 Å². The van der Waals surface area contributed by atoms with E-state index in [1.807, 2.05) is 6.20 Å². The van der Waals surface area contributed by atoms with Gasteiger partial charge in [0.15, 0.2) is 22.9 Å². The number of aliphatic hydroxyl groups is 1. The van der Waals surface area contributed by atoms with Gasteiger partial charge in [-0.05, 0) is 77.4 Å². The largest absolute Gasteiger partial charge is 0.396 e. The molecule has 43 heavy (non-hydrogen) atoms. The zero-order valence-electron chi connectivity index (χ0n) is 24.7. The van der Waals surface area contributed by atoms with Gasteiger partial charge in [-0.2, -0.15) is 10.4 Å². The lowest BCUT2D eigenvalue weighted by atomic mass is 9.63. The van der Waals surface area contributed by atoms with Crippen molar-refractivity contribution in [2.24, 2.45) is 5.92 Å². The Kier molecular flexibility index (Phi) is 6.29. The van der Waals surface area contributed by atoms with Crippen molar-refractivity contribution in [2.45, 2.75) is 75.8 Å². The predicted molar refractivity (Wildman–Crippen MR) is 164 cm³/mol. The Balaban J connectivity index is 1.28. The Bertz CT molecular complexity index is 1760. The summed E-state index contributed by atoms with van der Waals surface area (Å²) in [5, 5.41) is 30.9. The molecule has 3 N–H and O–H groups in total. The number of aryl methyl sites for hydroxylation is 1. The van der Waals surface area contributed by atoms with Gasteiger partial charge in [0.25, 0.3) is 0 Å². The lowest BCUT2D eigenvalue weighted by Crippen LogP contribution is -2.49. The molecule has 4 aromatic rings. The van der Waals surface area contributed by atoms with Gasteiger partial charge in [-0.25, -0.2) is 14.6 Å². The van der Waals surface area contributed by atoms with E-state index in [9.17, 15) is 10.4 Å². The Hall–Kier alpha value is -3.53. The van der Waals surface area contributed by atoms with Crippen molar-refractivity contribution in [2.75, 3.05) is 43.9 Å². The maximum atomic E-state index is 10.1. The summed E-state index contributed by atoms with van der Waals surface area (Å²) < 4.78 is 8.35. The lowest BCUT2D eigenvalue weighted by Gasteiger charge is -2.39. The molecule has 0 unspecified atom stereocenters. The number of aromatic nitrogens is 5. The van der Waals surface area contributed by atoms with Gasteiger partial charge in [-0.3, -0.25) is 0 Å². The van der Waals surface area contributed by atoms with E-state index in [1.165, 1.54) is 11.3 Å². The highest BCUT2D eigenvalue weighted by molar-refractivity contribution is 7.16. The molecular formula is C31H37N9O2S. The van der Waals surface area contributed by atoms with Gasteiger partial charge in [0, 0.05) is 42.1 Å². The van der Waals surface area contributed by atoms with E-state index < -0.39 is 5.41 Å². The zero-order valence-corrected chi connectivity index (χ0v) is 25.5. The minimum Gasteiger partial charge on any atom is -0.396 e. The molecule has 6 heterocycles. The number of nitrogens with two attached hydrogens (primary N) is 1. The molecule has 11 nitrogen and oxygen atoms in total. The number of likely N-dealkylation sites (tertiary alicyclic amines) is 1. The third-order valence-electron chi connectivity index (χ3n) is 10.5. The van der Waals surface area contributed by atoms with Gasteiger partial charge in [0.1, 0.15) is 16.9 Å². The summed E-state index contributed by atoms with van der Waals surface area (Å²) in [4.78, 5) is 16.1. The van der Waals surface area contributed by atoms with Crippen LogP contribution in [-0.2, 0) is 18.3 Å². The number of fused-ring (bicyclic) bond motifs is 5. The van der Waals surface area contributed by atoms with Crippen LogP contribution < -0.4 is 10.6 Å². The molecule has 12 heteroatoms. The number of nitriles is 1. The number of anilines is 2. The average molecular weight is 600 g/mol. The van der Waals surface area contributed by atoms with Crippen LogP contribution in [0.15, 0.2) is 10.7 Å². The quantitative estimate of drug-likeness (QED) is 0.345. The smallest absolute Gasteiger partial charge is 0.186 e. The number of nitrogen functional groups attached to an aromatic ring is 1. The van der Waals surface area contributed by atoms with Crippen molar-refractivity contribution in [3.05, 3.63) is 33.5 Å². The van der Waals surface area contributed by atoms with Gasteiger partial charge in [0.2, 0.25) is 0 Å². The van der Waals surface area contributed by atoms with Crippen LogP contribution in [-0.4, -0.2) is 74.2 Å². The van der Waals surface area contributed by atoms with E-state index in [-0.39, 0.29) is 18.6 Å². The summed E-state index contributed by atoms with van der Waals surface area (Å²) in [5.41, 5.74) is 10.2. The van der Waals surface area contributed by atoms with Crippen LogP contribution in [0, 0.1) is 17.2 Å². The van der Waals surface area contributed by atoms with E-state index >= 15 is 0 Å². The molecule has 2 aliphatic carbocycles. The van der Waals surface area contributed by atoms with Crippen molar-refractivity contribution in [3.8, 4) is 17.6 Å². The van der Waals surface area contributed by atoms with Crippen LogP contribution in [0.2, 0.25) is 0 Å². The minimum absolute atomic E-state index is 0.144. The van der Waals surface area contributed by atoms with Gasteiger partial charge >= 0.3 is 0 Å².